The van der Waals surface area contributed by atoms with Crippen LogP contribution in [0.2, 0.25) is 0 Å². The Balaban J connectivity index is 1.31. The molecular weight excluding hydrogens is 604 g/mol. The van der Waals surface area contributed by atoms with Gasteiger partial charge in [0.2, 0.25) is 18.6 Å². The largest absolute Gasteiger partial charge is 0.496 e. The van der Waals surface area contributed by atoms with E-state index in [0.29, 0.717) is 44.1 Å². The fourth-order valence-electron chi connectivity index (χ4n) is 6.22. The van der Waals surface area contributed by atoms with E-state index in [1.807, 2.05) is 6.07 Å². The highest BCUT2D eigenvalue weighted by Crippen LogP contribution is 2.48. The second kappa shape index (κ2) is 9.99. The molecule has 4 heterocycles. The summed E-state index contributed by atoms with van der Waals surface area (Å²) in [7, 11) is 1.53. The number of anilines is 1. The van der Waals surface area contributed by atoms with Crippen molar-refractivity contribution in [3.63, 3.8) is 0 Å². The summed E-state index contributed by atoms with van der Waals surface area (Å²) in [6.45, 7) is 0.0479. The third-order valence-corrected chi connectivity index (χ3v) is 8.79. The Hall–Kier alpha value is -4.70. The molecule has 0 N–H and O–H groups in total. The summed E-state index contributed by atoms with van der Waals surface area (Å²) < 4.78 is 16.8. The van der Waals surface area contributed by atoms with Crippen LogP contribution in [0, 0.1) is 11.8 Å². The number of ketones is 2. The minimum Gasteiger partial charge on any atom is -0.496 e. The van der Waals surface area contributed by atoms with Crippen molar-refractivity contribution in [2.45, 2.75) is 12.1 Å². The molecule has 4 atom stereocenters. The molecule has 2 saturated heterocycles. The van der Waals surface area contributed by atoms with Crippen LogP contribution in [0.1, 0.15) is 20.7 Å². The standard InChI is InChI=1S/C32H23BrN2O7/c1-40-23-9-7-18(13-21(23)33)30(37)28-27-26(22-14-19(11-12-34(22)28)29(36)17-5-3-2-4-6-17)31(38)35(32(27)39)20-8-10-24-25(15-20)42-16-41-24/h2-15,22,26-28H,16H2,1H3/t22-,26-,27+,28-/m1/s1. The van der Waals surface area contributed by atoms with E-state index in [4.69, 9.17) is 14.2 Å². The van der Waals surface area contributed by atoms with Gasteiger partial charge in [-0.25, -0.2) is 4.90 Å². The summed E-state index contributed by atoms with van der Waals surface area (Å²) in [4.78, 5) is 58.5. The average Bonchev–Trinajstić information content (AvgIpc) is 3.69. The zero-order valence-corrected chi connectivity index (χ0v) is 23.8. The maximum atomic E-state index is 14.1. The highest BCUT2D eigenvalue weighted by atomic mass is 79.9. The molecule has 10 heteroatoms. The maximum Gasteiger partial charge on any atom is 0.240 e. The fraction of sp³-hybridized carbons (Fsp3) is 0.188. The van der Waals surface area contributed by atoms with Crippen molar-refractivity contribution in [2.24, 2.45) is 11.8 Å². The molecular formula is C32H23BrN2O7. The van der Waals surface area contributed by atoms with Gasteiger partial charge in [-0.3, -0.25) is 19.2 Å². The summed E-state index contributed by atoms with van der Waals surface area (Å²) in [5, 5.41) is 0. The minimum atomic E-state index is -0.978. The third-order valence-electron chi connectivity index (χ3n) is 8.17. The van der Waals surface area contributed by atoms with Gasteiger partial charge >= 0.3 is 0 Å². The number of hydrogen-bond acceptors (Lipinski definition) is 8. The molecule has 42 heavy (non-hydrogen) atoms. The number of halogens is 1. The Labute approximate surface area is 249 Å². The Morgan fingerprint density at radius 2 is 1.67 bits per heavy atom. The normalized spacial score (nSPS) is 23.5. The lowest BCUT2D eigenvalue weighted by Crippen LogP contribution is -2.46. The van der Waals surface area contributed by atoms with Crippen molar-refractivity contribution < 1.29 is 33.4 Å². The van der Waals surface area contributed by atoms with Crippen molar-refractivity contribution in [1.82, 2.24) is 4.90 Å². The topological polar surface area (TPSA) is 102 Å². The van der Waals surface area contributed by atoms with Crippen LogP contribution in [0.15, 0.2) is 95.1 Å². The number of nitrogens with zero attached hydrogens (tertiary/aromatic N) is 2. The number of benzene rings is 3. The number of Topliss-reactive ketones (excluding diaryl/α,β-unsaturated/α-hetero) is 2. The smallest absolute Gasteiger partial charge is 0.240 e. The van der Waals surface area contributed by atoms with Gasteiger partial charge < -0.3 is 19.1 Å². The van der Waals surface area contributed by atoms with E-state index in [1.165, 1.54) is 7.11 Å². The number of carbonyl (C=O) groups is 4. The predicted octanol–water partition coefficient (Wildman–Crippen LogP) is 4.56. The van der Waals surface area contributed by atoms with E-state index in [9.17, 15) is 19.2 Å². The molecule has 0 unspecified atom stereocenters. The van der Waals surface area contributed by atoms with E-state index >= 15 is 0 Å². The van der Waals surface area contributed by atoms with Gasteiger partial charge in [0.25, 0.3) is 0 Å². The monoisotopic (exact) mass is 626 g/mol. The first-order valence-electron chi connectivity index (χ1n) is 13.3. The van der Waals surface area contributed by atoms with Crippen molar-refractivity contribution in [3.05, 3.63) is 106 Å². The summed E-state index contributed by atoms with van der Waals surface area (Å²) in [6, 6.07) is 17.0. The SMILES string of the molecule is COc1ccc(C(=O)[C@H]2[C@H]3C(=O)N(c4ccc5c(c4)OCO5)C(=O)[C@@H]3[C@H]3C=C(C(=O)c4ccccc4)C=CN32)cc1Br. The molecule has 7 rings (SSSR count). The Morgan fingerprint density at radius 3 is 2.43 bits per heavy atom. The molecule has 0 radical (unpaired) electrons. The lowest BCUT2D eigenvalue weighted by molar-refractivity contribution is -0.123. The molecule has 4 aliphatic heterocycles. The molecule has 0 saturated carbocycles. The van der Waals surface area contributed by atoms with Crippen LogP contribution in [0.3, 0.4) is 0 Å². The van der Waals surface area contributed by atoms with E-state index in [0.717, 1.165) is 4.90 Å². The number of hydrogen-bond donors (Lipinski definition) is 0. The lowest BCUT2D eigenvalue weighted by Gasteiger charge is -2.33. The van der Waals surface area contributed by atoms with Crippen LogP contribution in [0.25, 0.3) is 0 Å². The van der Waals surface area contributed by atoms with Gasteiger partial charge in [0.1, 0.15) is 11.8 Å². The first kappa shape index (κ1) is 26.2. The van der Waals surface area contributed by atoms with E-state index in [1.54, 1.807) is 83.9 Å². The first-order chi connectivity index (χ1) is 20.4. The molecule has 2 amide bonds. The van der Waals surface area contributed by atoms with Crippen LogP contribution in [-0.2, 0) is 9.59 Å². The van der Waals surface area contributed by atoms with Crippen molar-refractivity contribution in [3.8, 4) is 17.2 Å². The molecule has 0 aromatic heterocycles. The number of amides is 2. The quantitative estimate of drug-likeness (QED) is 0.290. The fourth-order valence-corrected chi connectivity index (χ4v) is 6.76. The molecule has 0 spiro atoms. The van der Waals surface area contributed by atoms with Crippen molar-refractivity contribution in [2.75, 3.05) is 18.8 Å². The first-order valence-corrected chi connectivity index (χ1v) is 14.1. The number of ether oxygens (including phenoxy) is 3. The number of carbonyl (C=O) groups excluding carboxylic acids is 4. The number of rotatable bonds is 6. The molecule has 9 nitrogen and oxygen atoms in total. The van der Waals surface area contributed by atoms with Crippen LogP contribution in [-0.4, -0.2) is 54.3 Å². The summed E-state index contributed by atoms with van der Waals surface area (Å²) in [6.07, 6.45) is 5.01. The van der Waals surface area contributed by atoms with Crippen molar-refractivity contribution in [1.29, 1.82) is 0 Å². The van der Waals surface area contributed by atoms with E-state index in [-0.39, 0.29) is 18.4 Å². The molecule has 3 aromatic carbocycles. The minimum absolute atomic E-state index is 0.0479. The van der Waals surface area contributed by atoms with E-state index in [2.05, 4.69) is 15.9 Å². The third kappa shape index (κ3) is 3.97. The van der Waals surface area contributed by atoms with Gasteiger partial charge in [-0.2, -0.15) is 0 Å². The van der Waals surface area contributed by atoms with E-state index < -0.39 is 35.7 Å². The van der Waals surface area contributed by atoms with Gasteiger partial charge in [-0.1, -0.05) is 36.4 Å². The highest BCUT2D eigenvalue weighted by Gasteiger charge is 2.63. The zero-order chi connectivity index (χ0) is 29.1. The maximum absolute atomic E-state index is 14.1. The highest BCUT2D eigenvalue weighted by molar-refractivity contribution is 9.10. The van der Waals surface area contributed by atoms with Crippen LogP contribution < -0.4 is 19.1 Å². The summed E-state index contributed by atoms with van der Waals surface area (Å²) in [5.74, 6) is -1.81. The van der Waals surface area contributed by atoms with Crippen LogP contribution >= 0.6 is 15.9 Å². The van der Waals surface area contributed by atoms with Crippen LogP contribution in [0.5, 0.6) is 17.2 Å². The Bertz CT molecular complexity index is 1730. The van der Waals surface area contributed by atoms with Gasteiger partial charge in [-0.15, -0.1) is 0 Å². The lowest BCUT2D eigenvalue weighted by atomic mass is 9.85. The molecule has 0 bridgehead atoms. The average molecular weight is 627 g/mol. The Kier molecular flexibility index (Phi) is 6.23. The second-order valence-corrected chi connectivity index (χ2v) is 11.2. The number of imide groups is 1. The Morgan fingerprint density at radius 1 is 0.905 bits per heavy atom. The number of allylic oxidation sites excluding steroid dienone is 2. The van der Waals surface area contributed by atoms with Gasteiger partial charge in [0.15, 0.2) is 23.1 Å². The summed E-state index contributed by atoms with van der Waals surface area (Å²) >= 11 is 3.44. The molecule has 2 fully saturated rings. The van der Waals surface area contributed by atoms with Crippen LogP contribution in [0.4, 0.5) is 5.69 Å². The van der Waals surface area contributed by atoms with Gasteiger partial charge in [0.05, 0.1) is 35.1 Å². The predicted molar refractivity (Wildman–Crippen MR) is 154 cm³/mol. The molecule has 4 aliphatic rings. The number of fused-ring (bicyclic) bond motifs is 4. The van der Waals surface area contributed by atoms with Gasteiger partial charge in [0, 0.05) is 29.0 Å². The van der Waals surface area contributed by atoms with Crippen molar-refractivity contribution >= 4 is 45.0 Å². The molecule has 210 valence electrons. The molecule has 3 aromatic rings. The summed E-state index contributed by atoms with van der Waals surface area (Å²) in [5.41, 5.74) is 1.59. The zero-order valence-electron chi connectivity index (χ0n) is 22.2. The molecule has 0 aliphatic carbocycles. The second-order valence-electron chi connectivity index (χ2n) is 10.3. The van der Waals surface area contributed by atoms with Gasteiger partial charge in [-0.05, 0) is 52.3 Å². The number of methoxy groups -OCH3 is 1.